The predicted octanol–water partition coefficient (Wildman–Crippen LogP) is 6.82. The summed E-state index contributed by atoms with van der Waals surface area (Å²) >= 11 is 18.0. The molecule has 33 heavy (non-hydrogen) atoms. The van der Waals surface area contributed by atoms with Crippen molar-refractivity contribution in [1.29, 1.82) is 0 Å². The number of para-hydroxylation sites is 2. The monoisotopic (exact) mass is 490 g/mol. The summed E-state index contributed by atoms with van der Waals surface area (Å²) in [7, 11) is 0. The Morgan fingerprint density at radius 1 is 0.879 bits per heavy atom. The lowest BCUT2D eigenvalue weighted by atomic mass is 10.0. The van der Waals surface area contributed by atoms with Gasteiger partial charge in [-0.05, 0) is 60.1 Å². The summed E-state index contributed by atoms with van der Waals surface area (Å²) in [4.78, 5) is 20.8. The molecule has 0 aliphatic heterocycles. The van der Waals surface area contributed by atoms with Gasteiger partial charge in [0.25, 0.3) is 5.91 Å². The summed E-state index contributed by atoms with van der Waals surface area (Å²) in [6.07, 6.45) is 0. The zero-order valence-corrected chi connectivity index (χ0v) is 19.4. The molecule has 0 spiro atoms. The lowest BCUT2D eigenvalue weighted by Crippen LogP contribution is -2.34. The minimum atomic E-state index is -0.343. The van der Waals surface area contributed by atoms with E-state index in [2.05, 4.69) is 20.6 Å². The normalized spacial score (nSPS) is 11.0. The second-order valence-electron chi connectivity index (χ2n) is 7.35. The largest absolute Gasteiger partial charge is 0.338 e. The number of aromatic nitrogens is 2. The van der Waals surface area contributed by atoms with Crippen LogP contribution in [0, 0.1) is 0 Å². The molecule has 3 N–H and O–H groups in total. The molecule has 1 aromatic heterocycles. The van der Waals surface area contributed by atoms with E-state index >= 15 is 0 Å². The Morgan fingerprint density at radius 3 is 2.52 bits per heavy atom. The molecular formula is C25H16Cl2N4OS. The number of H-pyrrole nitrogens is 1. The maximum Gasteiger partial charge on any atom is 0.258 e. The van der Waals surface area contributed by atoms with Crippen LogP contribution >= 0.6 is 35.4 Å². The number of carbonyl (C=O) groups is 1. The lowest BCUT2D eigenvalue weighted by Gasteiger charge is -2.13. The SMILES string of the molecule is O=C(NC(=S)Nc1cc(-c2nc3ccccc3[nH]2)ccc1Cl)c1cccc2c(Cl)cccc12. The highest BCUT2D eigenvalue weighted by Gasteiger charge is 2.14. The number of nitrogens with zero attached hydrogens (tertiary/aromatic N) is 1. The van der Waals surface area contributed by atoms with Gasteiger partial charge in [0.2, 0.25) is 0 Å². The highest BCUT2D eigenvalue weighted by molar-refractivity contribution is 7.80. The molecule has 1 amide bonds. The van der Waals surface area contributed by atoms with Crippen molar-refractivity contribution in [2.24, 2.45) is 0 Å². The third-order valence-corrected chi connectivity index (χ3v) is 6.08. The molecule has 5 nitrogen and oxygen atoms in total. The Balaban J connectivity index is 1.37. The molecule has 0 bridgehead atoms. The Bertz CT molecular complexity index is 1510. The number of nitrogens with one attached hydrogen (secondary N) is 3. The second-order valence-corrected chi connectivity index (χ2v) is 8.57. The number of rotatable bonds is 3. The molecule has 162 valence electrons. The van der Waals surface area contributed by atoms with Crippen molar-refractivity contribution in [2.45, 2.75) is 0 Å². The van der Waals surface area contributed by atoms with Crippen molar-refractivity contribution in [3.63, 3.8) is 0 Å². The molecule has 0 aliphatic carbocycles. The first kappa shape index (κ1) is 21.4. The average Bonchev–Trinajstić information content (AvgIpc) is 3.25. The van der Waals surface area contributed by atoms with E-state index < -0.39 is 0 Å². The Kier molecular flexibility index (Phi) is 5.72. The number of amides is 1. The fourth-order valence-electron chi connectivity index (χ4n) is 3.65. The molecule has 1 heterocycles. The molecule has 4 aromatic carbocycles. The van der Waals surface area contributed by atoms with E-state index in [1.54, 1.807) is 30.3 Å². The van der Waals surface area contributed by atoms with Gasteiger partial charge in [-0.1, -0.05) is 59.6 Å². The number of fused-ring (bicyclic) bond motifs is 2. The number of hydrogen-bond acceptors (Lipinski definition) is 3. The number of halogens is 2. The van der Waals surface area contributed by atoms with Gasteiger partial charge in [-0.2, -0.15) is 0 Å². The number of benzene rings is 4. The first-order valence-corrected chi connectivity index (χ1v) is 11.2. The predicted molar refractivity (Wildman–Crippen MR) is 139 cm³/mol. The summed E-state index contributed by atoms with van der Waals surface area (Å²) in [5.74, 6) is 0.364. The van der Waals surface area contributed by atoms with E-state index in [9.17, 15) is 4.79 Å². The van der Waals surface area contributed by atoms with Crippen molar-refractivity contribution in [1.82, 2.24) is 15.3 Å². The van der Waals surface area contributed by atoms with Gasteiger partial charge < -0.3 is 10.3 Å². The van der Waals surface area contributed by atoms with E-state index in [0.717, 1.165) is 27.4 Å². The quantitative estimate of drug-likeness (QED) is 0.242. The third kappa shape index (κ3) is 4.28. The maximum atomic E-state index is 12.9. The van der Waals surface area contributed by atoms with E-state index in [1.165, 1.54) is 0 Å². The molecule has 0 saturated carbocycles. The van der Waals surface area contributed by atoms with Crippen LogP contribution < -0.4 is 10.6 Å². The number of imidazole rings is 1. The highest BCUT2D eigenvalue weighted by atomic mass is 35.5. The number of carbonyl (C=O) groups excluding carboxylic acids is 1. The second kappa shape index (κ2) is 8.83. The minimum absolute atomic E-state index is 0.127. The zero-order chi connectivity index (χ0) is 22.9. The summed E-state index contributed by atoms with van der Waals surface area (Å²) < 4.78 is 0. The number of thiocarbonyl (C=S) groups is 1. The molecule has 0 fully saturated rings. The Morgan fingerprint density at radius 2 is 1.67 bits per heavy atom. The van der Waals surface area contributed by atoms with Crippen molar-refractivity contribution in [3.05, 3.63) is 94.5 Å². The topological polar surface area (TPSA) is 69.8 Å². The lowest BCUT2D eigenvalue weighted by molar-refractivity contribution is 0.0979. The van der Waals surface area contributed by atoms with Crippen LogP contribution in [0.4, 0.5) is 5.69 Å². The van der Waals surface area contributed by atoms with Crippen LogP contribution in [0.1, 0.15) is 10.4 Å². The highest BCUT2D eigenvalue weighted by Crippen LogP contribution is 2.29. The molecule has 5 rings (SSSR count). The molecular weight excluding hydrogens is 475 g/mol. The maximum absolute atomic E-state index is 12.9. The Hall–Kier alpha value is -3.45. The molecule has 0 saturated heterocycles. The standard InChI is InChI=1S/C25H16Cl2N4OS/c26-18-8-4-5-15-16(18)6-3-7-17(15)24(32)31-25(33)30-22-13-14(11-12-19(22)27)23-28-20-9-1-2-10-21(20)29-23/h1-13H,(H,28,29)(H2,30,31,32,33). The molecule has 5 aromatic rings. The number of hydrogen-bond donors (Lipinski definition) is 3. The van der Waals surface area contributed by atoms with Gasteiger partial charge in [-0.3, -0.25) is 10.1 Å². The van der Waals surface area contributed by atoms with Gasteiger partial charge >= 0.3 is 0 Å². The van der Waals surface area contributed by atoms with Crippen LogP contribution in [-0.2, 0) is 0 Å². The summed E-state index contributed by atoms with van der Waals surface area (Å²) in [5, 5.41) is 8.45. The van der Waals surface area contributed by atoms with Crippen LogP contribution in [0.5, 0.6) is 0 Å². The average molecular weight is 491 g/mol. The smallest absolute Gasteiger partial charge is 0.258 e. The Labute approximate surface area is 204 Å². The first-order valence-electron chi connectivity index (χ1n) is 10.0. The molecule has 0 aliphatic rings. The minimum Gasteiger partial charge on any atom is -0.338 e. The summed E-state index contributed by atoms with van der Waals surface area (Å²) in [6.45, 7) is 0. The third-order valence-electron chi connectivity index (χ3n) is 5.22. The van der Waals surface area contributed by atoms with Crippen LogP contribution in [-0.4, -0.2) is 21.0 Å². The van der Waals surface area contributed by atoms with Crippen molar-refractivity contribution in [3.8, 4) is 11.4 Å². The van der Waals surface area contributed by atoms with E-state index in [0.29, 0.717) is 27.1 Å². The van der Waals surface area contributed by atoms with Gasteiger partial charge in [-0.15, -0.1) is 0 Å². The fourth-order valence-corrected chi connectivity index (χ4v) is 4.26. The van der Waals surface area contributed by atoms with Crippen molar-refractivity contribution < 1.29 is 4.79 Å². The van der Waals surface area contributed by atoms with E-state index in [-0.39, 0.29) is 11.0 Å². The summed E-state index contributed by atoms with van der Waals surface area (Å²) in [6, 6.07) is 24.1. The van der Waals surface area contributed by atoms with Crippen LogP contribution in [0.2, 0.25) is 10.0 Å². The van der Waals surface area contributed by atoms with Gasteiger partial charge in [-0.25, -0.2) is 4.98 Å². The first-order chi connectivity index (χ1) is 16.0. The van der Waals surface area contributed by atoms with Crippen LogP contribution in [0.15, 0.2) is 78.9 Å². The zero-order valence-electron chi connectivity index (χ0n) is 17.0. The summed E-state index contributed by atoms with van der Waals surface area (Å²) in [5.41, 5.74) is 3.67. The van der Waals surface area contributed by atoms with Crippen molar-refractivity contribution >= 4 is 73.9 Å². The fraction of sp³-hybridized carbons (Fsp3) is 0. The van der Waals surface area contributed by atoms with Gasteiger partial charge in [0.15, 0.2) is 5.11 Å². The molecule has 0 unspecified atom stereocenters. The van der Waals surface area contributed by atoms with E-state index in [1.807, 2.05) is 48.5 Å². The van der Waals surface area contributed by atoms with E-state index in [4.69, 9.17) is 35.4 Å². The van der Waals surface area contributed by atoms with Crippen LogP contribution in [0.25, 0.3) is 33.2 Å². The molecule has 0 radical (unpaired) electrons. The van der Waals surface area contributed by atoms with Gasteiger partial charge in [0, 0.05) is 21.5 Å². The van der Waals surface area contributed by atoms with Crippen LogP contribution in [0.3, 0.4) is 0 Å². The molecule has 0 atom stereocenters. The van der Waals surface area contributed by atoms with Gasteiger partial charge in [0.1, 0.15) is 5.82 Å². The van der Waals surface area contributed by atoms with Crippen molar-refractivity contribution in [2.75, 3.05) is 5.32 Å². The molecule has 8 heteroatoms. The number of anilines is 1. The number of aromatic amines is 1. The van der Waals surface area contributed by atoms with Gasteiger partial charge in [0.05, 0.1) is 21.7 Å².